The Kier molecular flexibility index (Phi) is 3.67. The lowest BCUT2D eigenvalue weighted by molar-refractivity contribution is 0.600. The summed E-state index contributed by atoms with van der Waals surface area (Å²) in [5.74, 6) is -0.576. The van der Waals surface area contributed by atoms with Crippen LogP contribution in [0.2, 0.25) is 0 Å². The molecule has 0 aromatic heterocycles. The number of benzene rings is 2. The predicted octanol–water partition coefficient (Wildman–Crippen LogP) is 2.83. The standard InChI is InChI=1S/C14H15FN2O2S/c1-9-3-5-13(10(2)7-9)17-20(18,19)14-6-4-11(15)8-12(14)16/h3-8,17H,16H2,1-2H3. The summed E-state index contributed by atoms with van der Waals surface area (Å²) >= 11 is 0. The molecule has 0 aliphatic rings. The second-order valence-corrected chi connectivity index (χ2v) is 6.26. The number of nitrogens with one attached hydrogen (secondary N) is 1. The largest absolute Gasteiger partial charge is 0.398 e. The van der Waals surface area contributed by atoms with Crippen LogP contribution in [0.15, 0.2) is 41.3 Å². The molecule has 0 saturated carbocycles. The van der Waals surface area contributed by atoms with Gasteiger partial charge >= 0.3 is 0 Å². The zero-order valence-corrected chi connectivity index (χ0v) is 12.0. The quantitative estimate of drug-likeness (QED) is 0.855. The molecule has 2 rings (SSSR count). The molecular weight excluding hydrogens is 279 g/mol. The smallest absolute Gasteiger partial charge is 0.263 e. The first-order chi connectivity index (χ1) is 9.29. The van der Waals surface area contributed by atoms with E-state index in [2.05, 4.69) is 4.72 Å². The van der Waals surface area contributed by atoms with Crippen molar-refractivity contribution in [1.82, 2.24) is 0 Å². The third-order valence-corrected chi connectivity index (χ3v) is 4.33. The van der Waals surface area contributed by atoms with Crippen LogP contribution >= 0.6 is 0 Å². The van der Waals surface area contributed by atoms with Gasteiger partial charge in [-0.2, -0.15) is 0 Å². The Morgan fingerprint density at radius 1 is 1.10 bits per heavy atom. The summed E-state index contributed by atoms with van der Waals surface area (Å²) in [6.07, 6.45) is 0. The fourth-order valence-corrected chi connectivity index (χ4v) is 3.14. The molecule has 2 aromatic carbocycles. The molecule has 3 N–H and O–H groups in total. The molecule has 0 radical (unpaired) electrons. The van der Waals surface area contributed by atoms with Crippen molar-refractivity contribution in [3.63, 3.8) is 0 Å². The Hall–Kier alpha value is -2.08. The zero-order valence-electron chi connectivity index (χ0n) is 11.1. The maximum atomic E-state index is 13.0. The normalized spacial score (nSPS) is 11.3. The lowest BCUT2D eigenvalue weighted by Gasteiger charge is -2.12. The number of nitrogens with two attached hydrogens (primary N) is 1. The molecular formula is C14H15FN2O2S. The first kappa shape index (κ1) is 14.3. The van der Waals surface area contributed by atoms with Gasteiger partial charge < -0.3 is 5.73 Å². The van der Waals surface area contributed by atoms with Gasteiger partial charge in [0.2, 0.25) is 0 Å². The van der Waals surface area contributed by atoms with E-state index >= 15 is 0 Å². The van der Waals surface area contributed by atoms with E-state index in [0.717, 1.165) is 29.3 Å². The second-order valence-electron chi connectivity index (χ2n) is 4.61. The second kappa shape index (κ2) is 5.13. The summed E-state index contributed by atoms with van der Waals surface area (Å²) in [7, 11) is -3.84. The van der Waals surface area contributed by atoms with Crippen LogP contribution in [0.4, 0.5) is 15.8 Å². The third kappa shape index (κ3) is 2.91. The van der Waals surface area contributed by atoms with E-state index in [-0.39, 0.29) is 10.6 Å². The molecule has 4 nitrogen and oxygen atoms in total. The summed E-state index contributed by atoms with van der Waals surface area (Å²) < 4.78 is 40.0. The van der Waals surface area contributed by atoms with Crippen LogP contribution in [-0.4, -0.2) is 8.42 Å². The summed E-state index contributed by atoms with van der Waals surface area (Å²) in [5.41, 5.74) is 7.75. The maximum absolute atomic E-state index is 13.0. The van der Waals surface area contributed by atoms with E-state index in [1.807, 2.05) is 13.0 Å². The fourth-order valence-electron chi connectivity index (χ4n) is 1.89. The topological polar surface area (TPSA) is 72.2 Å². The Labute approximate surface area is 117 Å². The highest BCUT2D eigenvalue weighted by Gasteiger charge is 2.18. The monoisotopic (exact) mass is 294 g/mol. The van der Waals surface area contributed by atoms with Crippen LogP contribution in [0.3, 0.4) is 0 Å². The Morgan fingerprint density at radius 3 is 2.40 bits per heavy atom. The van der Waals surface area contributed by atoms with Crippen molar-refractivity contribution in [3.05, 3.63) is 53.3 Å². The van der Waals surface area contributed by atoms with Crippen molar-refractivity contribution in [2.24, 2.45) is 0 Å². The Bertz CT molecular complexity index is 758. The number of hydrogen-bond acceptors (Lipinski definition) is 3. The fraction of sp³-hybridized carbons (Fsp3) is 0.143. The van der Waals surface area contributed by atoms with Crippen LogP contribution in [0.1, 0.15) is 11.1 Å². The van der Waals surface area contributed by atoms with Gasteiger partial charge in [-0.3, -0.25) is 4.72 Å². The van der Waals surface area contributed by atoms with Gasteiger partial charge in [-0.1, -0.05) is 17.7 Å². The molecule has 0 atom stereocenters. The van der Waals surface area contributed by atoms with Gasteiger partial charge in [0, 0.05) is 0 Å². The SMILES string of the molecule is Cc1ccc(NS(=O)(=O)c2ccc(F)cc2N)c(C)c1. The number of anilines is 2. The van der Waals surface area contributed by atoms with Gasteiger partial charge in [-0.25, -0.2) is 12.8 Å². The molecule has 2 aromatic rings. The highest BCUT2D eigenvalue weighted by atomic mass is 32.2. The zero-order chi connectivity index (χ0) is 14.9. The number of hydrogen-bond donors (Lipinski definition) is 2. The summed E-state index contributed by atoms with van der Waals surface area (Å²) in [6, 6.07) is 8.55. The minimum Gasteiger partial charge on any atom is -0.398 e. The molecule has 0 aliphatic carbocycles. The lowest BCUT2D eigenvalue weighted by Crippen LogP contribution is -2.15. The molecule has 0 aliphatic heterocycles. The van der Waals surface area contributed by atoms with E-state index in [1.165, 1.54) is 0 Å². The molecule has 106 valence electrons. The molecule has 0 fully saturated rings. The van der Waals surface area contributed by atoms with Crippen LogP contribution < -0.4 is 10.5 Å². The summed E-state index contributed by atoms with van der Waals surface area (Å²) in [5, 5.41) is 0. The van der Waals surface area contributed by atoms with Crippen molar-refractivity contribution in [2.75, 3.05) is 10.5 Å². The summed E-state index contributed by atoms with van der Waals surface area (Å²) in [4.78, 5) is -0.140. The van der Waals surface area contributed by atoms with E-state index in [9.17, 15) is 12.8 Å². The minimum atomic E-state index is -3.84. The Morgan fingerprint density at radius 2 is 1.80 bits per heavy atom. The van der Waals surface area contributed by atoms with E-state index in [0.29, 0.717) is 5.69 Å². The van der Waals surface area contributed by atoms with Crippen molar-refractivity contribution in [3.8, 4) is 0 Å². The lowest BCUT2D eigenvalue weighted by atomic mass is 10.1. The first-order valence-electron chi connectivity index (χ1n) is 5.95. The molecule has 6 heteroatoms. The van der Waals surface area contributed by atoms with Gasteiger partial charge in [0.25, 0.3) is 10.0 Å². The van der Waals surface area contributed by atoms with E-state index in [4.69, 9.17) is 5.73 Å². The molecule has 0 unspecified atom stereocenters. The third-order valence-electron chi connectivity index (χ3n) is 2.89. The van der Waals surface area contributed by atoms with Gasteiger partial charge in [-0.05, 0) is 43.7 Å². The van der Waals surface area contributed by atoms with Crippen LogP contribution in [0.25, 0.3) is 0 Å². The van der Waals surface area contributed by atoms with Crippen molar-refractivity contribution in [2.45, 2.75) is 18.7 Å². The first-order valence-corrected chi connectivity index (χ1v) is 7.43. The van der Waals surface area contributed by atoms with Crippen LogP contribution in [0, 0.1) is 19.7 Å². The summed E-state index contributed by atoms with van der Waals surface area (Å²) in [6.45, 7) is 3.72. The molecule has 0 amide bonds. The Balaban J connectivity index is 2.41. The number of rotatable bonds is 3. The van der Waals surface area contributed by atoms with Gasteiger partial charge in [-0.15, -0.1) is 0 Å². The number of nitrogen functional groups attached to an aromatic ring is 1. The molecule has 0 bridgehead atoms. The van der Waals surface area contributed by atoms with Crippen LogP contribution in [-0.2, 0) is 10.0 Å². The highest BCUT2D eigenvalue weighted by molar-refractivity contribution is 7.92. The average Bonchev–Trinajstić information content (AvgIpc) is 2.32. The molecule has 20 heavy (non-hydrogen) atoms. The van der Waals surface area contributed by atoms with Crippen LogP contribution in [0.5, 0.6) is 0 Å². The van der Waals surface area contributed by atoms with E-state index < -0.39 is 15.8 Å². The van der Waals surface area contributed by atoms with E-state index in [1.54, 1.807) is 19.1 Å². The predicted molar refractivity (Wildman–Crippen MR) is 77.5 cm³/mol. The number of aryl methyl sites for hydroxylation is 2. The highest BCUT2D eigenvalue weighted by Crippen LogP contribution is 2.24. The van der Waals surface area contributed by atoms with Crippen molar-refractivity contribution < 1.29 is 12.8 Å². The van der Waals surface area contributed by atoms with Gasteiger partial charge in [0.15, 0.2) is 0 Å². The van der Waals surface area contributed by atoms with Gasteiger partial charge in [0.05, 0.1) is 11.4 Å². The molecule has 0 saturated heterocycles. The van der Waals surface area contributed by atoms with Gasteiger partial charge in [0.1, 0.15) is 10.7 Å². The molecule has 0 heterocycles. The minimum absolute atomic E-state index is 0.123. The maximum Gasteiger partial charge on any atom is 0.263 e. The molecule has 0 spiro atoms. The number of sulfonamides is 1. The number of halogens is 1. The van der Waals surface area contributed by atoms with Crippen molar-refractivity contribution >= 4 is 21.4 Å². The van der Waals surface area contributed by atoms with Crippen molar-refractivity contribution in [1.29, 1.82) is 0 Å². The average molecular weight is 294 g/mol.